The molecule has 1 aromatic heterocycles. The normalized spacial score (nSPS) is 11.0. The molecule has 0 aliphatic rings. The molecule has 3 heteroatoms. The van der Waals surface area contributed by atoms with E-state index in [1.54, 1.807) is 23.5 Å². The Morgan fingerprint density at radius 2 is 1.65 bits per heavy atom. The van der Waals surface area contributed by atoms with E-state index in [-0.39, 0.29) is 5.75 Å². The first kappa shape index (κ1) is 12.6. The van der Waals surface area contributed by atoms with E-state index >= 15 is 0 Å². The molecule has 0 spiro atoms. The smallest absolute Gasteiger partial charge is 0.124 e. The van der Waals surface area contributed by atoms with E-state index in [9.17, 15) is 5.11 Å². The number of rotatable bonds is 3. The Morgan fingerprint density at radius 3 is 2.40 bits per heavy atom. The fourth-order valence-electron chi connectivity index (χ4n) is 1.84. The highest BCUT2D eigenvalue weighted by Gasteiger charge is 2.01. The summed E-state index contributed by atoms with van der Waals surface area (Å²) in [5, 5.41) is 12.3. The minimum Gasteiger partial charge on any atom is -0.508 e. The van der Waals surface area contributed by atoms with Crippen LogP contribution in [0.4, 0.5) is 0 Å². The third-order valence-electron chi connectivity index (χ3n) is 2.88. The van der Waals surface area contributed by atoms with Gasteiger partial charge in [0.1, 0.15) is 10.8 Å². The number of aromatic nitrogens is 1. The van der Waals surface area contributed by atoms with Crippen molar-refractivity contribution < 1.29 is 5.11 Å². The van der Waals surface area contributed by atoms with Gasteiger partial charge in [-0.3, -0.25) is 0 Å². The largest absolute Gasteiger partial charge is 0.508 e. The van der Waals surface area contributed by atoms with Gasteiger partial charge in [0.25, 0.3) is 0 Å². The molecule has 0 radical (unpaired) electrons. The van der Waals surface area contributed by atoms with Crippen molar-refractivity contribution in [1.82, 2.24) is 4.98 Å². The van der Waals surface area contributed by atoms with Gasteiger partial charge >= 0.3 is 0 Å². The highest BCUT2D eigenvalue weighted by molar-refractivity contribution is 7.13. The summed E-state index contributed by atoms with van der Waals surface area (Å²) in [7, 11) is 0. The standard InChI is InChI=1S/C17H13NOS/c19-16-10-7-13(8-11-16)6-9-15-12-20-17(18-15)14-4-2-1-3-5-14/h1-12,19H/b9-6+. The van der Waals surface area contributed by atoms with Crippen molar-refractivity contribution in [2.45, 2.75) is 0 Å². The maximum atomic E-state index is 9.24. The van der Waals surface area contributed by atoms with Gasteiger partial charge in [0, 0.05) is 10.9 Å². The van der Waals surface area contributed by atoms with Crippen molar-refractivity contribution >= 4 is 23.5 Å². The summed E-state index contributed by atoms with van der Waals surface area (Å²) in [6, 6.07) is 17.3. The first-order valence-electron chi connectivity index (χ1n) is 6.29. The van der Waals surface area contributed by atoms with Crippen molar-refractivity contribution in [3.8, 4) is 16.3 Å². The summed E-state index contributed by atoms with van der Waals surface area (Å²) in [6.45, 7) is 0. The minimum absolute atomic E-state index is 0.280. The van der Waals surface area contributed by atoms with Crippen LogP contribution in [0.1, 0.15) is 11.3 Å². The zero-order chi connectivity index (χ0) is 13.8. The van der Waals surface area contributed by atoms with Gasteiger partial charge in [-0.1, -0.05) is 48.5 Å². The monoisotopic (exact) mass is 279 g/mol. The third kappa shape index (κ3) is 2.95. The number of aromatic hydroxyl groups is 1. The van der Waals surface area contributed by atoms with Crippen LogP contribution in [-0.4, -0.2) is 10.1 Å². The van der Waals surface area contributed by atoms with E-state index in [2.05, 4.69) is 17.1 Å². The van der Waals surface area contributed by atoms with Gasteiger partial charge in [0.2, 0.25) is 0 Å². The number of benzene rings is 2. The fraction of sp³-hybridized carbons (Fsp3) is 0. The van der Waals surface area contributed by atoms with Gasteiger partial charge in [-0.25, -0.2) is 4.98 Å². The van der Waals surface area contributed by atoms with E-state index < -0.39 is 0 Å². The molecular weight excluding hydrogens is 266 g/mol. The molecule has 2 aromatic carbocycles. The van der Waals surface area contributed by atoms with Gasteiger partial charge < -0.3 is 5.11 Å². The fourth-order valence-corrected chi connectivity index (χ4v) is 2.64. The van der Waals surface area contributed by atoms with Gasteiger partial charge in [-0.15, -0.1) is 11.3 Å². The van der Waals surface area contributed by atoms with Crippen molar-refractivity contribution in [3.63, 3.8) is 0 Å². The van der Waals surface area contributed by atoms with Crippen LogP contribution in [0.3, 0.4) is 0 Å². The molecule has 2 nitrogen and oxygen atoms in total. The number of thiazole rings is 1. The van der Waals surface area contributed by atoms with Crippen LogP contribution in [-0.2, 0) is 0 Å². The first-order valence-corrected chi connectivity index (χ1v) is 7.17. The van der Waals surface area contributed by atoms with Gasteiger partial charge in [0.15, 0.2) is 0 Å². The second kappa shape index (κ2) is 5.72. The van der Waals surface area contributed by atoms with Gasteiger partial charge in [-0.2, -0.15) is 0 Å². The Kier molecular flexibility index (Phi) is 3.61. The lowest BCUT2D eigenvalue weighted by molar-refractivity contribution is 0.475. The lowest BCUT2D eigenvalue weighted by atomic mass is 10.2. The van der Waals surface area contributed by atoms with Crippen LogP contribution in [0.5, 0.6) is 5.75 Å². The van der Waals surface area contributed by atoms with E-state index in [0.717, 1.165) is 21.8 Å². The molecule has 1 heterocycles. The minimum atomic E-state index is 0.280. The van der Waals surface area contributed by atoms with E-state index in [0.29, 0.717) is 0 Å². The van der Waals surface area contributed by atoms with Crippen LogP contribution in [0.15, 0.2) is 60.0 Å². The second-order valence-electron chi connectivity index (χ2n) is 4.37. The molecule has 0 aliphatic heterocycles. The molecule has 0 amide bonds. The number of phenols is 1. The average Bonchev–Trinajstić information content (AvgIpc) is 2.97. The molecule has 98 valence electrons. The molecule has 0 atom stereocenters. The maximum absolute atomic E-state index is 9.24. The van der Waals surface area contributed by atoms with Gasteiger partial charge in [-0.05, 0) is 23.8 Å². The van der Waals surface area contributed by atoms with Crippen LogP contribution in [0.2, 0.25) is 0 Å². The highest BCUT2D eigenvalue weighted by atomic mass is 32.1. The Balaban J connectivity index is 1.79. The van der Waals surface area contributed by atoms with E-state index in [1.165, 1.54) is 0 Å². The summed E-state index contributed by atoms with van der Waals surface area (Å²) < 4.78 is 0. The Bertz CT molecular complexity index is 714. The molecule has 0 unspecified atom stereocenters. The van der Waals surface area contributed by atoms with E-state index in [1.807, 2.05) is 47.9 Å². The number of hydrogen-bond donors (Lipinski definition) is 1. The number of hydrogen-bond acceptors (Lipinski definition) is 3. The van der Waals surface area contributed by atoms with Crippen LogP contribution in [0.25, 0.3) is 22.7 Å². The van der Waals surface area contributed by atoms with Gasteiger partial charge in [0.05, 0.1) is 5.69 Å². The predicted molar refractivity (Wildman–Crippen MR) is 84.6 cm³/mol. The first-order chi connectivity index (χ1) is 9.81. The number of nitrogens with zero attached hydrogens (tertiary/aromatic N) is 1. The summed E-state index contributed by atoms with van der Waals surface area (Å²) >= 11 is 1.64. The molecule has 0 saturated carbocycles. The Morgan fingerprint density at radius 1 is 0.900 bits per heavy atom. The summed E-state index contributed by atoms with van der Waals surface area (Å²) in [4.78, 5) is 4.60. The van der Waals surface area contributed by atoms with Crippen molar-refractivity contribution in [2.75, 3.05) is 0 Å². The quantitative estimate of drug-likeness (QED) is 0.754. The Labute approximate surface area is 121 Å². The summed E-state index contributed by atoms with van der Waals surface area (Å²) in [6.07, 6.45) is 3.97. The molecule has 0 aliphatic carbocycles. The predicted octanol–water partition coefficient (Wildman–Crippen LogP) is 4.69. The Hall–Kier alpha value is -2.39. The molecule has 0 saturated heterocycles. The van der Waals surface area contributed by atoms with Crippen LogP contribution in [0, 0.1) is 0 Å². The summed E-state index contributed by atoms with van der Waals surface area (Å²) in [5.74, 6) is 0.280. The summed E-state index contributed by atoms with van der Waals surface area (Å²) in [5.41, 5.74) is 3.13. The molecule has 3 aromatic rings. The topological polar surface area (TPSA) is 33.1 Å². The highest BCUT2D eigenvalue weighted by Crippen LogP contribution is 2.24. The molecule has 0 fully saturated rings. The van der Waals surface area contributed by atoms with Crippen molar-refractivity contribution in [3.05, 3.63) is 71.2 Å². The van der Waals surface area contributed by atoms with Crippen molar-refractivity contribution in [1.29, 1.82) is 0 Å². The SMILES string of the molecule is Oc1ccc(/C=C/c2csc(-c3ccccc3)n2)cc1. The van der Waals surface area contributed by atoms with E-state index in [4.69, 9.17) is 0 Å². The lowest BCUT2D eigenvalue weighted by Gasteiger charge is -1.94. The molecule has 0 bridgehead atoms. The van der Waals surface area contributed by atoms with Crippen LogP contribution < -0.4 is 0 Å². The lowest BCUT2D eigenvalue weighted by Crippen LogP contribution is -1.76. The number of phenolic OH excluding ortho intramolecular Hbond substituents is 1. The maximum Gasteiger partial charge on any atom is 0.124 e. The molecule has 20 heavy (non-hydrogen) atoms. The zero-order valence-electron chi connectivity index (χ0n) is 10.7. The molecule has 1 N–H and O–H groups in total. The second-order valence-corrected chi connectivity index (χ2v) is 5.23. The van der Waals surface area contributed by atoms with Crippen LogP contribution >= 0.6 is 11.3 Å². The zero-order valence-corrected chi connectivity index (χ0v) is 11.5. The third-order valence-corrected chi connectivity index (χ3v) is 3.79. The molecular formula is C17H13NOS. The van der Waals surface area contributed by atoms with Crippen molar-refractivity contribution in [2.24, 2.45) is 0 Å². The molecule has 3 rings (SSSR count). The average molecular weight is 279 g/mol.